The third-order valence-corrected chi connectivity index (χ3v) is 5.21. The Morgan fingerprint density at radius 1 is 1.29 bits per heavy atom. The molecule has 0 bridgehead atoms. The first-order valence-electron chi connectivity index (χ1n) is 8.17. The fourth-order valence-corrected chi connectivity index (χ4v) is 4.39. The molecule has 1 aliphatic carbocycles. The van der Waals surface area contributed by atoms with E-state index in [0.717, 1.165) is 13.1 Å². The molecule has 0 saturated heterocycles. The van der Waals surface area contributed by atoms with Gasteiger partial charge in [0.1, 0.15) is 0 Å². The number of benzene rings is 1. The molecule has 2 aromatic rings. The molecular formula is C19H24N2. The lowest BCUT2D eigenvalue weighted by molar-refractivity contribution is 0.224. The molecule has 0 saturated carbocycles. The van der Waals surface area contributed by atoms with Crippen LogP contribution in [0.4, 0.5) is 0 Å². The number of hydrogen-bond acceptors (Lipinski definition) is 1. The maximum Gasteiger partial charge on any atom is 0.0486 e. The summed E-state index contributed by atoms with van der Waals surface area (Å²) < 4.78 is 2.46. The first-order chi connectivity index (χ1) is 10.2. The van der Waals surface area contributed by atoms with Crippen molar-refractivity contribution in [1.29, 1.82) is 0 Å². The van der Waals surface area contributed by atoms with Crippen molar-refractivity contribution < 1.29 is 0 Å². The van der Waals surface area contributed by atoms with Crippen molar-refractivity contribution in [3.05, 3.63) is 47.2 Å². The molecular weight excluding hydrogens is 256 g/mol. The fourth-order valence-electron chi connectivity index (χ4n) is 4.39. The smallest absolute Gasteiger partial charge is 0.0486 e. The maximum absolute atomic E-state index is 2.54. The van der Waals surface area contributed by atoms with Gasteiger partial charge in [-0.25, -0.2) is 0 Å². The zero-order valence-corrected chi connectivity index (χ0v) is 13.3. The van der Waals surface area contributed by atoms with Crippen molar-refractivity contribution in [2.45, 2.75) is 45.2 Å². The van der Waals surface area contributed by atoms with E-state index >= 15 is 0 Å². The van der Waals surface area contributed by atoms with Gasteiger partial charge < -0.3 is 4.57 Å². The van der Waals surface area contributed by atoms with Gasteiger partial charge in [0.15, 0.2) is 0 Å². The SMILES string of the molecule is CCCn1cc2c3c(cccc31)[C@H]1C=C(C)CN(C)[C@@H]1C2. The molecule has 0 radical (unpaired) electrons. The van der Waals surface area contributed by atoms with Gasteiger partial charge in [0.05, 0.1) is 0 Å². The Bertz CT molecular complexity index is 722. The van der Waals surface area contributed by atoms with Crippen molar-refractivity contribution in [1.82, 2.24) is 9.47 Å². The molecule has 0 N–H and O–H groups in total. The van der Waals surface area contributed by atoms with Crippen LogP contribution in [-0.4, -0.2) is 29.1 Å². The van der Waals surface area contributed by atoms with Crippen LogP contribution < -0.4 is 0 Å². The zero-order valence-electron chi connectivity index (χ0n) is 13.3. The monoisotopic (exact) mass is 280 g/mol. The predicted octanol–water partition coefficient (Wildman–Crippen LogP) is 3.95. The van der Waals surface area contributed by atoms with E-state index in [1.54, 1.807) is 11.1 Å². The standard InChI is InChI=1S/C19H24N2/c1-4-8-21-12-14-10-18-16(9-13(2)11-20(18)3)15-6-5-7-17(21)19(14)15/h5-7,9,12,16,18H,4,8,10-11H2,1-3H3/t16-,18-/m1/s1. The quantitative estimate of drug-likeness (QED) is 0.756. The summed E-state index contributed by atoms with van der Waals surface area (Å²) in [7, 11) is 2.28. The summed E-state index contributed by atoms with van der Waals surface area (Å²) in [5, 5.41) is 1.53. The van der Waals surface area contributed by atoms with E-state index < -0.39 is 0 Å². The molecule has 2 heterocycles. The molecule has 2 atom stereocenters. The van der Waals surface area contributed by atoms with Gasteiger partial charge in [-0.3, -0.25) is 4.90 Å². The molecule has 1 aromatic heterocycles. The number of hydrogen-bond donors (Lipinski definition) is 0. The van der Waals surface area contributed by atoms with Crippen LogP contribution in [0, 0.1) is 0 Å². The summed E-state index contributed by atoms with van der Waals surface area (Å²) in [6.07, 6.45) is 7.31. The maximum atomic E-state index is 2.54. The van der Waals surface area contributed by atoms with Crippen LogP contribution in [0.5, 0.6) is 0 Å². The van der Waals surface area contributed by atoms with Gasteiger partial charge in [-0.05, 0) is 44.0 Å². The highest BCUT2D eigenvalue weighted by Gasteiger charge is 2.35. The van der Waals surface area contributed by atoms with Crippen LogP contribution in [0.3, 0.4) is 0 Å². The average Bonchev–Trinajstić information content (AvgIpc) is 2.81. The molecule has 0 unspecified atom stereocenters. The second kappa shape index (κ2) is 4.74. The van der Waals surface area contributed by atoms with Crippen LogP contribution in [0.25, 0.3) is 10.9 Å². The minimum Gasteiger partial charge on any atom is -0.347 e. The molecule has 110 valence electrons. The Hall–Kier alpha value is -1.54. The normalized spacial score (nSPS) is 25.0. The largest absolute Gasteiger partial charge is 0.347 e. The average molecular weight is 280 g/mol. The Morgan fingerprint density at radius 3 is 2.95 bits per heavy atom. The van der Waals surface area contributed by atoms with Gasteiger partial charge in [-0.15, -0.1) is 0 Å². The van der Waals surface area contributed by atoms with Crippen molar-refractivity contribution in [3.8, 4) is 0 Å². The van der Waals surface area contributed by atoms with Crippen LogP contribution in [-0.2, 0) is 13.0 Å². The topological polar surface area (TPSA) is 8.17 Å². The van der Waals surface area contributed by atoms with Gasteiger partial charge in [-0.1, -0.05) is 30.7 Å². The molecule has 21 heavy (non-hydrogen) atoms. The third kappa shape index (κ3) is 1.89. The summed E-state index contributed by atoms with van der Waals surface area (Å²) >= 11 is 0. The molecule has 2 nitrogen and oxygen atoms in total. The zero-order chi connectivity index (χ0) is 14.6. The van der Waals surface area contributed by atoms with E-state index in [1.165, 1.54) is 29.3 Å². The number of nitrogens with zero attached hydrogens (tertiary/aromatic N) is 2. The Kier molecular flexibility index (Phi) is 2.97. The van der Waals surface area contributed by atoms with Crippen LogP contribution >= 0.6 is 0 Å². The molecule has 0 amide bonds. The minimum atomic E-state index is 0.567. The highest BCUT2D eigenvalue weighted by Crippen LogP contribution is 2.42. The van der Waals surface area contributed by atoms with Gasteiger partial charge in [0.2, 0.25) is 0 Å². The van der Waals surface area contributed by atoms with Crippen molar-refractivity contribution in [2.24, 2.45) is 0 Å². The number of aromatic nitrogens is 1. The van der Waals surface area contributed by atoms with E-state index in [4.69, 9.17) is 0 Å². The molecule has 1 aliphatic heterocycles. The third-order valence-electron chi connectivity index (χ3n) is 5.21. The summed E-state index contributed by atoms with van der Waals surface area (Å²) in [6.45, 7) is 6.77. The van der Waals surface area contributed by atoms with E-state index in [1.807, 2.05) is 0 Å². The number of fused-ring (bicyclic) bond motifs is 2. The summed E-state index contributed by atoms with van der Waals surface area (Å²) in [4.78, 5) is 2.54. The summed E-state index contributed by atoms with van der Waals surface area (Å²) in [5.41, 5.74) is 6.03. The number of aryl methyl sites for hydroxylation is 1. The lowest BCUT2D eigenvalue weighted by atomic mass is 9.77. The second-order valence-electron chi connectivity index (χ2n) is 6.81. The number of likely N-dealkylation sites (N-methyl/N-ethyl adjacent to an activating group) is 1. The molecule has 2 heteroatoms. The van der Waals surface area contributed by atoms with Crippen LogP contribution in [0.2, 0.25) is 0 Å². The molecule has 1 aromatic carbocycles. The van der Waals surface area contributed by atoms with Crippen molar-refractivity contribution >= 4 is 10.9 Å². The first kappa shape index (κ1) is 13.1. The Morgan fingerprint density at radius 2 is 2.14 bits per heavy atom. The molecule has 0 spiro atoms. The number of rotatable bonds is 2. The highest BCUT2D eigenvalue weighted by molar-refractivity contribution is 5.89. The van der Waals surface area contributed by atoms with Gasteiger partial charge in [0, 0.05) is 42.1 Å². The Labute approximate surface area is 127 Å². The molecule has 0 fully saturated rings. The van der Waals surface area contributed by atoms with E-state index in [9.17, 15) is 0 Å². The second-order valence-corrected chi connectivity index (χ2v) is 6.81. The fraction of sp³-hybridized carbons (Fsp3) is 0.474. The lowest BCUT2D eigenvalue weighted by Crippen LogP contribution is -2.43. The van der Waals surface area contributed by atoms with E-state index in [2.05, 4.69) is 60.8 Å². The highest BCUT2D eigenvalue weighted by atomic mass is 15.1. The van der Waals surface area contributed by atoms with Gasteiger partial charge in [0.25, 0.3) is 0 Å². The molecule has 2 aliphatic rings. The summed E-state index contributed by atoms with van der Waals surface area (Å²) in [5.74, 6) is 0.567. The van der Waals surface area contributed by atoms with Gasteiger partial charge >= 0.3 is 0 Å². The van der Waals surface area contributed by atoms with Crippen molar-refractivity contribution in [3.63, 3.8) is 0 Å². The lowest BCUT2D eigenvalue weighted by Gasteiger charge is -2.40. The van der Waals surface area contributed by atoms with Crippen molar-refractivity contribution in [2.75, 3.05) is 13.6 Å². The predicted molar refractivity (Wildman–Crippen MR) is 88.8 cm³/mol. The van der Waals surface area contributed by atoms with Crippen LogP contribution in [0.15, 0.2) is 36.0 Å². The van der Waals surface area contributed by atoms with Crippen LogP contribution in [0.1, 0.15) is 37.3 Å². The summed E-state index contributed by atoms with van der Waals surface area (Å²) in [6, 6.07) is 7.51. The van der Waals surface area contributed by atoms with E-state index in [0.29, 0.717) is 12.0 Å². The Balaban J connectivity index is 1.94. The van der Waals surface area contributed by atoms with Gasteiger partial charge in [-0.2, -0.15) is 0 Å². The minimum absolute atomic E-state index is 0.567. The molecule has 4 rings (SSSR count). The van der Waals surface area contributed by atoms with E-state index in [-0.39, 0.29) is 0 Å². The first-order valence-corrected chi connectivity index (χ1v) is 8.17.